The zero-order valence-electron chi connectivity index (χ0n) is 12.2. The Morgan fingerprint density at radius 2 is 2.00 bits per heavy atom. The molecule has 2 aliphatic rings. The van der Waals surface area contributed by atoms with Crippen LogP contribution in [0, 0.1) is 5.92 Å². The zero-order chi connectivity index (χ0) is 14.9. The number of amides is 1. The van der Waals surface area contributed by atoms with Crippen LogP contribution >= 0.6 is 0 Å². The highest BCUT2D eigenvalue weighted by Gasteiger charge is 2.50. The molecular weight excluding hydrogens is 278 g/mol. The van der Waals surface area contributed by atoms with Crippen molar-refractivity contribution >= 4 is 20.1 Å². The van der Waals surface area contributed by atoms with Gasteiger partial charge in [-0.05, 0) is 18.9 Å². The Morgan fingerprint density at radius 3 is 2.50 bits per heavy atom. The van der Waals surface area contributed by atoms with Gasteiger partial charge >= 0.3 is 12.1 Å². The van der Waals surface area contributed by atoms with Gasteiger partial charge in [0, 0.05) is 8.07 Å². The molecule has 0 aromatic carbocycles. The summed E-state index contributed by atoms with van der Waals surface area (Å²) in [6.07, 6.45) is 0.150. The van der Waals surface area contributed by atoms with Crippen molar-refractivity contribution in [1.82, 2.24) is 5.32 Å². The summed E-state index contributed by atoms with van der Waals surface area (Å²) >= 11 is 0. The number of carbonyl (C=O) groups excluding carboxylic acids is 1. The van der Waals surface area contributed by atoms with Gasteiger partial charge in [0.05, 0.1) is 30.8 Å². The van der Waals surface area contributed by atoms with Crippen LogP contribution in [0.4, 0.5) is 4.79 Å². The number of rotatable bonds is 5. The first kappa shape index (κ1) is 15.3. The number of hydrogen-bond acceptors (Lipinski definition) is 4. The van der Waals surface area contributed by atoms with Crippen molar-refractivity contribution in [2.24, 2.45) is 5.92 Å². The van der Waals surface area contributed by atoms with Gasteiger partial charge in [-0.2, -0.15) is 0 Å². The lowest BCUT2D eigenvalue weighted by Gasteiger charge is -2.23. The second-order valence-corrected chi connectivity index (χ2v) is 12.4. The molecule has 0 aliphatic carbocycles. The lowest BCUT2D eigenvalue weighted by atomic mass is 9.86. The first-order chi connectivity index (χ1) is 9.26. The quantitative estimate of drug-likeness (QED) is 0.755. The van der Waals surface area contributed by atoms with Crippen molar-refractivity contribution in [2.45, 2.75) is 56.8 Å². The molecule has 2 heterocycles. The maximum absolute atomic E-state index is 11.7. The summed E-state index contributed by atoms with van der Waals surface area (Å²) in [5, 5.41) is 11.8. The van der Waals surface area contributed by atoms with Crippen molar-refractivity contribution in [3.8, 4) is 0 Å². The molecule has 2 aliphatic heterocycles. The van der Waals surface area contributed by atoms with Crippen LogP contribution in [0.5, 0.6) is 0 Å². The summed E-state index contributed by atoms with van der Waals surface area (Å²) in [4.78, 5) is 22.7. The van der Waals surface area contributed by atoms with Crippen molar-refractivity contribution in [2.75, 3.05) is 6.61 Å². The standard InChI is InChI=1S/C13H23NO5Si/c1-20(2,3)5-4-18-13(17)14-9-7-10-8(12(15)16)6-11(9)19-10/h8-11H,4-7H2,1-3H3,(H,14,17)(H,15,16). The third-order valence-electron chi connectivity index (χ3n) is 3.93. The third kappa shape index (κ3) is 3.73. The number of carboxylic acids is 1. The minimum Gasteiger partial charge on any atom is -0.481 e. The minimum absolute atomic E-state index is 0.116. The topological polar surface area (TPSA) is 84.9 Å². The number of alkyl carbamates (subject to hydrolysis) is 1. The molecule has 2 N–H and O–H groups in total. The van der Waals surface area contributed by atoms with Gasteiger partial charge in [0.2, 0.25) is 0 Å². The fourth-order valence-corrected chi connectivity index (χ4v) is 3.43. The largest absolute Gasteiger partial charge is 0.481 e. The summed E-state index contributed by atoms with van der Waals surface area (Å²) < 4.78 is 10.7. The van der Waals surface area contributed by atoms with Crippen LogP contribution in [0.2, 0.25) is 25.7 Å². The Kier molecular flexibility index (Phi) is 4.39. The number of carbonyl (C=O) groups is 2. The molecule has 0 aromatic heterocycles. The Balaban J connectivity index is 1.71. The summed E-state index contributed by atoms with van der Waals surface area (Å²) in [5.41, 5.74) is 0. The molecular formula is C13H23NO5Si. The highest BCUT2D eigenvalue weighted by atomic mass is 28.3. The summed E-state index contributed by atoms with van der Waals surface area (Å²) in [6.45, 7) is 7.12. The average Bonchev–Trinajstić information content (AvgIpc) is 2.86. The second kappa shape index (κ2) is 5.73. The van der Waals surface area contributed by atoms with Gasteiger partial charge < -0.3 is 19.9 Å². The Bertz CT molecular complexity index is 395. The van der Waals surface area contributed by atoms with E-state index in [1.807, 2.05) is 0 Å². The summed E-state index contributed by atoms with van der Waals surface area (Å²) in [6, 6.07) is 0.823. The van der Waals surface area contributed by atoms with Crippen molar-refractivity contribution < 1.29 is 24.2 Å². The predicted octanol–water partition coefficient (Wildman–Crippen LogP) is 1.68. The molecule has 7 heteroatoms. The maximum atomic E-state index is 11.7. The van der Waals surface area contributed by atoms with Gasteiger partial charge in [0.1, 0.15) is 0 Å². The van der Waals surface area contributed by atoms with E-state index in [0.29, 0.717) is 19.4 Å². The third-order valence-corrected chi connectivity index (χ3v) is 5.63. The number of carboxylic acid groups (broad SMARTS) is 1. The molecule has 114 valence electrons. The molecule has 1 amide bonds. The van der Waals surface area contributed by atoms with E-state index in [1.54, 1.807) is 0 Å². The molecule has 0 spiro atoms. The molecule has 2 bridgehead atoms. The maximum Gasteiger partial charge on any atom is 0.407 e. The summed E-state index contributed by atoms with van der Waals surface area (Å²) in [7, 11) is -1.20. The summed E-state index contributed by atoms with van der Waals surface area (Å²) in [5.74, 6) is -1.24. The number of ether oxygens (including phenoxy) is 2. The molecule has 0 saturated carbocycles. The van der Waals surface area contributed by atoms with E-state index >= 15 is 0 Å². The van der Waals surface area contributed by atoms with Gasteiger partial charge in [0.15, 0.2) is 0 Å². The second-order valence-electron chi connectivity index (χ2n) is 6.83. The van der Waals surface area contributed by atoms with Crippen molar-refractivity contribution in [3.05, 3.63) is 0 Å². The van der Waals surface area contributed by atoms with E-state index in [-0.39, 0.29) is 18.2 Å². The number of nitrogens with one attached hydrogen (secondary N) is 1. The molecule has 4 unspecified atom stereocenters. The highest BCUT2D eigenvalue weighted by molar-refractivity contribution is 6.76. The van der Waals surface area contributed by atoms with Crippen molar-refractivity contribution in [1.29, 1.82) is 0 Å². The van der Waals surface area contributed by atoms with Gasteiger partial charge in [-0.25, -0.2) is 4.79 Å². The SMILES string of the molecule is C[Si](C)(C)CCOC(=O)NC1CC2OC1CC2C(=O)O. The number of fused-ring (bicyclic) bond motifs is 2. The first-order valence-corrected chi connectivity index (χ1v) is 10.8. The highest BCUT2D eigenvalue weighted by Crippen LogP contribution is 2.39. The number of aliphatic carboxylic acids is 1. The molecule has 6 nitrogen and oxygen atoms in total. The van der Waals surface area contributed by atoms with Gasteiger partial charge in [0.25, 0.3) is 0 Å². The van der Waals surface area contributed by atoms with Gasteiger partial charge in [-0.15, -0.1) is 0 Å². The Morgan fingerprint density at radius 1 is 1.30 bits per heavy atom. The van der Waals surface area contributed by atoms with E-state index in [2.05, 4.69) is 25.0 Å². The lowest BCUT2D eigenvalue weighted by Crippen LogP contribution is -2.44. The smallest absolute Gasteiger partial charge is 0.407 e. The minimum atomic E-state index is -1.20. The fraction of sp³-hybridized carbons (Fsp3) is 0.846. The van der Waals surface area contributed by atoms with Crippen LogP contribution < -0.4 is 5.32 Å². The molecule has 2 fully saturated rings. The first-order valence-electron chi connectivity index (χ1n) is 7.08. The van der Waals surface area contributed by atoms with Crippen LogP contribution in [0.3, 0.4) is 0 Å². The molecule has 4 atom stereocenters. The predicted molar refractivity (Wildman–Crippen MR) is 75.4 cm³/mol. The van der Waals surface area contributed by atoms with Crippen LogP contribution in [-0.4, -0.2) is 50.1 Å². The molecule has 20 heavy (non-hydrogen) atoms. The van der Waals surface area contributed by atoms with E-state index in [0.717, 1.165) is 6.04 Å². The van der Waals surface area contributed by atoms with E-state index in [4.69, 9.17) is 14.6 Å². The molecule has 2 saturated heterocycles. The monoisotopic (exact) mass is 301 g/mol. The zero-order valence-corrected chi connectivity index (χ0v) is 13.2. The van der Waals surface area contributed by atoms with Gasteiger partial charge in [-0.3, -0.25) is 4.79 Å². The lowest BCUT2D eigenvalue weighted by molar-refractivity contribution is -0.143. The molecule has 0 radical (unpaired) electrons. The van der Waals surface area contributed by atoms with E-state index in [1.165, 1.54) is 0 Å². The van der Waals surface area contributed by atoms with Crippen LogP contribution in [0.15, 0.2) is 0 Å². The molecule has 2 rings (SSSR count). The van der Waals surface area contributed by atoms with Crippen LogP contribution in [0.25, 0.3) is 0 Å². The Hall–Kier alpha value is -1.08. The van der Waals surface area contributed by atoms with E-state index < -0.39 is 26.1 Å². The average molecular weight is 301 g/mol. The van der Waals surface area contributed by atoms with Crippen molar-refractivity contribution in [3.63, 3.8) is 0 Å². The normalized spacial score (nSPS) is 32.1. The van der Waals surface area contributed by atoms with Crippen LogP contribution in [-0.2, 0) is 14.3 Å². The van der Waals surface area contributed by atoms with Gasteiger partial charge in [-0.1, -0.05) is 19.6 Å². The fourth-order valence-electron chi connectivity index (χ4n) is 2.71. The van der Waals surface area contributed by atoms with E-state index in [9.17, 15) is 9.59 Å². The Labute approximate surface area is 119 Å². The van der Waals surface area contributed by atoms with Crippen LogP contribution in [0.1, 0.15) is 12.8 Å². The molecule has 0 aromatic rings. The number of hydrogen-bond donors (Lipinski definition) is 2.